The zero-order valence-corrected chi connectivity index (χ0v) is 11.8. The SMILES string of the molecule is CC(C)c1ccn(-c2ccc(CCl)cc2C(F)(F)F)n1. The van der Waals surface area contributed by atoms with E-state index < -0.39 is 11.7 Å². The first-order chi connectivity index (χ1) is 9.32. The topological polar surface area (TPSA) is 17.8 Å². The highest BCUT2D eigenvalue weighted by molar-refractivity contribution is 6.17. The molecule has 108 valence electrons. The monoisotopic (exact) mass is 302 g/mol. The Balaban J connectivity index is 2.54. The van der Waals surface area contributed by atoms with Gasteiger partial charge in [0, 0.05) is 12.1 Å². The Kier molecular flexibility index (Phi) is 4.09. The van der Waals surface area contributed by atoms with Gasteiger partial charge in [-0.3, -0.25) is 0 Å². The molecule has 2 nitrogen and oxygen atoms in total. The van der Waals surface area contributed by atoms with Gasteiger partial charge in [-0.05, 0) is 29.7 Å². The van der Waals surface area contributed by atoms with Crippen LogP contribution in [0.25, 0.3) is 5.69 Å². The van der Waals surface area contributed by atoms with Crippen LogP contribution in [-0.4, -0.2) is 9.78 Å². The summed E-state index contributed by atoms with van der Waals surface area (Å²) in [5.41, 5.74) is 0.464. The van der Waals surface area contributed by atoms with Gasteiger partial charge >= 0.3 is 6.18 Å². The number of hydrogen-bond acceptors (Lipinski definition) is 1. The maximum absolute atomic E-state index is 13.1. The third-order valence-corrected chi connectivity index (χ3v) is 3.28. The van der Waals surface area contributed by atoms with E-state index in [4.69, 9.17) is 11.6 Å². The van der Waals surface area contributed by atoms with Gasteiger partial charge in [0.05, 0.1) is 16.9 Å². The van der Waals surface area contributed by atoms with Crippen molar-refractivity contribution in [2.24, 2.45) is 0 Å². The Hall–Kier alpha value is -1.49. The summed E-state index contributed by atoms with van der Waals surface area (Å²) in [7, 11) is 0. The average Bonchev–Trinajstić information content (AvgIpc) is 2.86. The molecule has 0 bridgehead atoms. The summed E-state index contributed by atoms with van der Waals surface area (Å²) in [6.07, 6.45) is -2.90. The highest BCUT2D eigenvalue weighted by atomic mass is 35.5. The molecule has 2 aromatic rings. The molecule has 2 rings (SSSR count). The summed E-state index contributed by atoms with van der Waals surface area (Å²) in [6.45, 7) is 3.88. The fourth-order valence-electron chi connectivity index (χ4n) is 1.87. The molecular weight excluding hydrogens is 289 g/mol. The van der Waals surface area contributed by atoms with Crippen LogP contribution in [0.3, 0.4) is 0 Å². The average molecular weight is 303 g/mol. The lowest BCUT2D eigenvalue weighted by Gasteiger charge is -2.14. The lowest BCUT2D eigenvalue weighted by Crippen LogP contribution is -2.12. The van der Waals surface area contributed by atoms with Gasteiger partial charge < -0.3 is 0 Å². The maximum atomic E-state index is 13.1. The lowest BCUT2D eigenvalue weighted by atomic mass is 10.1. The van der Waals surface area contributed by atoms with E-state index in [1.807, 2.05) is 13.8 Å². The molecule has 1 aromatic heterocycles. The summed E-state index contributed by atoms with van der Waals surface area (Å²) in [5, 5.41) is 4.19. The number of halogens is 4. The van der Waals surface area contributed by atoms with Crippen LogP contribution < -0.4 is 0 Å². The van der Waals surface area contributed by atoms with Crippen molar-refractivity contribution < 1.29 is 13.2 Å². The maximum Gasteiger partial charge on any atom is 0.418 e. The predicted molar refractivity (Wildman–Crippen MR) is 72.2 cm³/mol. The van der Waals surface area contributed by atoms with Crippen LogP contribution in [0.15, 0.2) is 30.5 Å². The van der Waals surface area contributed by atoms with Crippen molar-refractivity contribution in [3.05, 3.63) is 47.3 Å². The minimum absolute atomic E-state index is 0.0123. The number of alkyl halides is 4. The first kappa shape index (κ1) is 14.9. The summed E-state index contributed by atoms with van der Waals surface area (Å²) in [6, 6.07) is 5.77. The van der Waals surface area contributed by atoms with Crippen LogP contribution in [0.2, 0.25) is 0 Å². The van der Waals surface area contributed by atoms with Crippen LogP contribution >= 0.6 is 11.6 Å². The van der Waals surface area contributed by atoms with Crippen molar-refractivity contribution in [1.82, 2.24) is 9.78 Å². The molecule has 0 saturated carbocycles. The Morgan fingerprint density at radius 2 is 1.95 bits per heavy atom. The van der Waals surface area contributed by atoms with Crippen LogP contribution in [0.1, 0.15) is 36.6 Å². The second kappa shape index (κ2) is 5.48. The predicted octanol–water partition coefficient (Wildman–Crippen LogP) is 4.75. The van der Waals surface area contributed by atoms with Crippen LogP contribution in [-0.2, 0) is 12.1 Å². The first-order valence-corrected chi connectivity index (χ1v) is 6.68. The molecule has 0 aliphatic rings. The third-order valence-electron chi connectivity index (χ3n) is 2.97. The minimum Gasteiger partial charge on any atom is -0.240 e. The molecule has 6 heteroatoms. The molecule has 1 heterocycles. The molecule has 0 fully saturated rings. The number of rotatable bonds is 3. The highest BCUT2D eigenvalue weighted by Crippen LogP contribution is 2.34. The van der Waals surface area contributed by atoms with E-state index in [-0.39, 0.29) is 17.5 Å². The molecule has 0 amide bonds. The smallest absolute Gasteiger partial charge is 0.240 e. The van der Waals surface area contributed by atoms with Gasteiger partial charge in [0.25, 0.3) is 0 Å². The first-order valence-electron chi connectivity index (χ1n) is 6.15. The van der Waals surface area contributed by atoms with Crippen LogP contribution in [0.4, 0.5) is 13.2 Å². The van der Waals surface area contributed by atoms with E-state index in [1.54, 1.807) is 18.3 Å². The molecule has 1 aromatic carbocycles. The zero-order chi connectivity index (χ0) is 14.9. The Bertz CT molecular complexity index is 603. The van der Waals surface area contributed by atoms with Crippen molar-refractivity contribution in [2.75, 3.05) is 0 Å². The molecule has 0 radical (unpaired) electrons. The number of hydrogen-bond donors (Lipinski definition) is 0. The van der Waals surface area contributed by atoms with Crippen molar-refractivity contribution in [3.8, 4) is 5.69 Å². The van der Waals surface area contributed by atoms with Crippen molar-refractivity contribution in [1.29, 1.82) is 0 Å². The van der Waals surface area contributed by atoms with Gasteiger partial charge in [0.15, 0.2) is 0 Å². The normalized spacial score (nSPS) is 12.2. The van der Waals surface area contributed by atoms with E-state index in [0.29, 0.717) is 5.56 Å². The Labute approximate surface area is 120 Å². The van der Waals surface area contributed by atoms with Gasteiger partial charge in [0.2, 0.25) is 0 Å². The van der Waals surface area contributed by atoms with Gasteiger partial charge in [-0.1, -0.05) is 19.9 Å². The van der Waals surface area contributed by atoms with Gasteiger partial charge in [-0.2, -0.15) is 18.3 Å². The molecule has 0 aliphatic heterocycles. The molecule has 0 aliphatic carbocycles. The van der Waals surface area contributed by atoms with Gasteiger partial charge in [-0.25, -0.2) is 4.68 Å². The zero-order valence-electron chi connectivity index (χ0n) is 11.1. The molecule has 0 atom stereocenters. The molecular formula is C14H14ClF3N2. The third kappa shape index (κ3) is 2.98. The van der Waals surface area contributed by atoms with E-state index in [1.165, 1.54) is 10.7 Å². The molecule has 0 N–H and O–H groups in total. The molecule has 0 spiro atoms. The fraction of sp³-hybridized carbons (Fsp3) is 0.357. The van der Waals surface area contributed by atoms with Gasteiger partial charge in [-0.15, -0.1) is 11.6 Å². The fourth-order valence-corrected chi connectivity index (χ4v) is 2.04. The summed E-state index contributed by atoms with van der Waals surface area (Å²) in [5.74, 6) is 0.201. The van der Waals surface area contributed by atoms with Crippen LogP contribution in [0.5, 0.6) is 0 Å². The highest BCUT2D eigenvalue weighted by Gasteiger charge is 2.34. The van der Waals surface area contributed by atoms with Gasteiger partial charge in [0.1, 0.15) is 0 Å². The minimum atomic E-state index is -4.44. The molecule has 0 saturated heterocycles. The second-order valence-corrected chi connectivity index (χ2v) is 5.09. The Morgan fingerprint density at radius 3 is 2.45 bits per heavy atom. The largest absolute Gasteiger partial charge is 0.418 e. The number of nitrogens with zero attached hydrogens (tertiary/aromatic N) is 2. The lowest BCUT2D eigenvalue weighted by molar-refractivity contribution is -0.137. The van der Waals surface area contributed by atoms with Crippen LogP contribution in [0, 0.1) is 0 Å². The molecule has 0 unspecified atom stereocenters. The Morgan fingerprint density at radius 1 is 1.25 bits per heavy atom. The number of benzene rings is 1. The standard InChI is InChI=1S/C14H14ClF3N2/c1-9(2)12-5-6-20(19-12)13-4-3-10(8-15)7-11(13)14(16,17)18/h3-7,9H,8H2,1-2H3. The van der Waals surface area contributed by atoms with Crippen molar-refractivity contribution in [2.45, 2.75) is 31.8 Å². The second-order valence-electron chi connectivity index (χ2n) is 4.82. The summed E-state index contributed by atoms with van der Waals surface area (Å²) >= 11 is 5.60. The summed E-state index contributed by atoms with van der Waals surface area (Å²) in [4.78, 5) is 0. The quantitative estimate of drug-likeness (QED) is 0.748. The number of aromatic nitrogens is 2. The van der Waals surface area contributed by atoms with Crippen molar-refractivity contribution >= 4 is 11.6 Å². The summed E-state index contributed by atoms with van der Waals surface area (Å²) < 4.78 is 40.7. The van der Waals surface area contributed by atoms with Crippen molar-refractivity contribution in [3.63, 3.8) is 0 Å². The van der Waals surface area contributed by atoms with E-state index in [0.717, 1.165) is 11.8 Å². The van der Waals surface area contributed by atoms with E-state index in [9.17, 15) is 13.2 Å². The van der Waals surface area contributed by atoms with E-state index >= 15 is 0 Å². The van der Waals surface area contributed by atoms with E-state index in [2.05, 4.69) is 5.10 Å². The molecule has 20 heavy (non-hydrogen) atoms.